The van der Waals surface area contributed by atoms with Crippen molar-refractivity contribution < 1.29 is 14.3 Å². The molecule has 1 amide bonds. The molecule has 1 aromatic rings. The molecule has 1 aliphatic heterocycles. The summed E-state index contributed by atoms with van der Waals surface area (Å²) in [6.45, 7) is 1.31. The predicted octanol–water partition coefficient (Wildman–Crippen LogP) is 0.472. The van der Waals surface area contributed by atoms with Crippen LogP contribution in [-0.4, -0.2) is 46.2 Å². The van der Waals surface area contributed by atoms with Gasteiger partial charge in [-0.05, 0) is 31.6 Å². The maximum Gasteiger partial charge on any atom is 0.249 e. The first kappa shape index (κ1) is 14.2. The second-order valence-electron chi connectivity index (χ2n) is 5.75. The number of carbonyl (C=O) groups is 1. The molecule has 1 unspecified atom stereocenters. The molecule has 2 heterocycles. The van der Waals surface area contributed by atoms with Gasteiger partial charge in [-0.3, -0.25) is 4.79 Å². The number of amides is 1. The monoisotopic (exact) mass is 294 g/mol. The molecule has 2 fully saturated rings. The van der Waals surface area contributed by atoms with Gasteiger partial charge in [-0.1, -0.05) is 0 Å². The molecule has 3 rings (SSSR count). The lowest BCUT2D eigenvalue weighted by Gasteiger charge is -2.33. The van der Waals surface area contributed by atoms with Crippen molar-refractivity contribution in [2.45, 2.75) is 37.8 Å². The molecule has 1 aromatic heterocycles. The first-order valence-corrected chi connectivity index (χ1v) is 7.34. The van der Waals surface area contributed by atoms with Crippen LogP contribution in [0.5, 0.6) is 0 Å². The number of hydrogen-bond acceptors (Lipinski definition) is 5. The van der Waals surface area contributed by atoms with E-state index in [9.17, 15) is 14.3 Å². The molecule has 0 radical (unpaired) electrons. The Kier molecular flexibility index (Phi) is 4.01. The lowest BCUT2D eigenvalue weighted by Crippen LogP contribution is -2.45. The van der Waals surface area contributed by atoms with Gasteiger partial charge in [-0.15, -0.1) is 0 Å². The first-order chi connectivity index (χ1) is 10.1. The number of hydrogen-bond donors (Lipinski definition) is 2. The molecule has 0 spiro atoms. The smallest absolute Gasteiger partial charge is 0.249 e. The lowest BCUT2D eigenvalue weighted by molar-refractivity contribution is -0.132. The molecular formula is C14H19FN4O2. The minimum atomic E-state index is -0.943. The van der Waals surface area contributed by atoms with Crippen LogP contribution in [0.1, 0.15) is 25.7 Å². The SMILES string of the molecule is O=C(NC1CC1)C(O)C1CCN(c2ncc(F)cn2)CC1. The van der Waals surface area contributed by atoms with Gasteiger partial charge >= 0.3 is 0 Å². The van der Waals surface area contributed by atoms with Gasteiger partial charge in [-0.2, -0.15) is 0 Å². The normalized spacial score (nSPS) is 21.1. The minimum Gasteiger partial charge on any atom is -0.383 e. The first-order valence-electron chi connectivity index (χ1n) is 7.34. The molecule has 1 saturated carbocycles. The van der Waals surface area contributed by atoms with Crippen molar-refractivity contribution in [3.63, 3.8) is 0 Å². The molecule has 7 heteroatoms. The molecule has 114 valence electrons. The van der Waals surface area contributed by atoms with E-state index in [1.807, 2.05) is 4.90 Å². The zero-order chi connectivity index (χ0) is 14.8. The molecule has 1 saturated heterocycles. The Morgan fingerprint density at radius 3 is 2.48 bits per heavy atom. The highest BCUT2D eigenvalue weighted by Crippen LogP contribution is 2.25. The summed E-state index contributed by atoms with van der Waals surface area (Å²) in [7, 11) is 0. The van der Waals surface area contributed by atoms with Crippen molar-refractivity contribution in [1.82, 2.24) is 15.3 Å². The van der Waals surface area contributed by atoms with E-state index in [0.717, 1.165) is 25.2 Å². The van der Waals surface area contributed by atoms with Gasteiger partial charge < -0.3 is 15.3 Å². The number of rotatable bonds is 4. The highest BCUT2D eigenvalue weighted by Gasteiger charge is 2.33. The number of halogens is 1. The zero-order valence-electron chi connectivity index (χ0n) is 11.7. The van der Waals surface area contributed by atoms with Crippen molar-refractivity contribution in [2.75, 3.05) is 18.0 Å². The lowest BCUT2D eigenvalue weighted by atomic mass is 9.91. The average Bonchev–Trinajstić information content (AvgIpc) is 3.31. The van der Waals surface area contributed by atoms with Gasteiger partial charge in [0.25, 0.3) is 0 Å². The second kappa shape index (κ2) is 5.93. The number of nitrogens with one attached hydrogen (secondary N) is 1. The number of anilines is 1. The van der Waals surface area contributed by atoms with Gasteiger partial charge in [0.05, 0.1) is 12.4 Å². The van der Waals surface area contributed by atoms with E-state index in [0.29, 0.717) is 31.9 Å². The van der Waals surface area contributed by atoms with Crippen molar-refractivity contribution in [3.05, 3.63) is 18.2 Å². The van der Waals surface area contributed by atoms with Crippen LogP contribution in [0.15, 0.2) is 12.4 Å². The van der Waals surface area contributed by atoms with Crippen molar-refractivity contribution >= 4 is 11.9 Å². The van der Waals surface area contributed by atoms with E-state index in [4.69, 9.17) is 0 Å². The van der Waals surface area contributed by atoms with Crippen molar-refractivity contribution in [3.8, 4) is 0 Å². The van der Waals surface area contributed by atoms with Gasteiger partial charge in [0.15, 0.2) is 5.82 Å². The molecule has 0 bridgehead atoms. The fraction of sp³-hybridized carbons (Fsp3) is 0.643. The highest BCUT2D eigenvalue weighted by molar-refractivity contribution is 5.81. The van der Waals surface area contributed by atoms with E-state index >= 15 is 0 Å². The summed E-state index contributed by atoms with van der Waals surface area (Å²) in [5.41, 5.74) is 0. The molecule has 2 aliphatic rings. The van der Waals surface area contributed by atoms with Crippen LogP contribution in [0, 0.1) is 11.7 Å². The summed E-state index contributed by atoms with van der Waals surface area (Å²) in [4.78, 5) is 21.7. The van der Waals surface area contributed by atoms with Gasteiger partial charge in [0.2, 0.25) is 11.9 Å². The van der Waals surface area contributed by atoms with E-state index in [1.54, 1.807) is 0 Å². The van der Waals surface area contributed by atoms with Crippen molar-refractivity contribution in [1.29, 1.82) is 0 Å². The number of piperidine rings is 1. The van der Waals surface area contributed by atoms with Crippen molar-refractivity contribution in [2.24, 2.45) is 5.92 Å². The summed E-state index contributed by atoms with van der Waals surface area (Å²) >= 11 is 0. The van der Waals surface area contributed by atoms with E-state index in [2.05, 4.69) is 15.3 Å². The van der Waals surface area contributed by atoms with Gasteiger partial charge in [0.1, 0.15) is 6.10 Å². The molecule has 1 atom stereocenters. The number of aromatic nitrogens is 2. The quantitative estimate of drug-likeness (QED) is 0.844. The standard InChI is InChI=1S/C14H19FN4O2/c15-10-7-16-14(17-8-10)19-5-3-9(4-6-19)12(20)13(21)18-11-1-2-11/h7-9,11-12,20H,1-6H2,(H,18,21). The van der Waals surface area contributed by atoms with Crippen LogP contribution < -0.4 is 10.2 Å². The van der Waals surface area contributed by atoms with Crippen LogP contribution in [0.4, 0.5) is 10.3 Å². The summed E-state index contributed by atoms with van der Waals surface area (Å²) in [5.74, 6) is -0.262. The summed E-state index contributed by atoms with van der Waals surface area (Å²) < 4.78 is 12.8. The Labute approximate surface area is 122 Å². The minimum absolute atomic E-state index is 0.0413. The maximum absolute atomic E-state index is 12.8. The largest absolute Gasteiger partial charge is 0.383 e. The third kappa shape index (κ3) is 3.47. The van der Waals surface area contributed by atoms with E-state index < -0.39 is 11.9 Å². The van der Waals surface area contributed by atoms with E-state index in [-0.39, 0.29) is 17.9 Å². The summed E-state index contributed by atoms with van der Waals surface area (Å²) in [6, 6.07) is 0.264. The molecule has 1 aliphatic carbocycles. The molecule has 2 N–H and O–H groups in total. The van der Waals surface area contributed by atoms with E-state index in [1.165, 1.54) is 0 Å². The summed E-state index contributed by atoms with van der Waals surface area (Å²) in [6.07, 6.45) is 4.76. The molecule has 0 aromatic carbocycles. The topological polar surface area (TPSA) is 78.4 Å². The van der Waals surface area contributed by atoms with Crippen LogP contribution in [-0.2, 0) is 4.79 Å². The number of nitrogens with zero attached hydrogens (tertiary/aromatic N) is 3. The van der Waals surface area contributed by atoms with Crippen LogP contribution >= 0.6 is 0 Å². The average molecular weight is 294 g/mol. The summed E-state index contributed by atoms with van der Waals surface area (Å²) in [5, 5.41) is 12.9. The third-order valence-corrected chi connectivity index (χ3v) is 4.07. The number of aliphatic hydroxyl groups excluding tert-OH is 1. The third-order valence-electron chi connectivity index (χ3n) is 4.07. The Bertz CT molecular complexity index is 498. The fourth-order valence-electron chi connectivity index (χ4n) is 2.61. The number of aliphatic hydroxyl groups is 1. The maximum atomic E-state index is 12.8. The highest BCUT2D eigenvalue weighted by atomic mass is 19.1. The van der Waals surface area contributed by atoms with Crippen LogP contribution in [0.2, 0.25) is 0 Å². The number of carbonyl (C=O) groups excluding carboxylic acids is 1. The Morgan fingerprint density at radius 2 is 1.90 bits per heavy atom. The molecule has 6 nitrogen and oxygen atoms in total. The molecular weight excluding hydrogens is 275 g/mol. The van der Waals surface area contributed by atoms with Crippen LogP contribution in [0.25, 0.3) is 0 Å². The molecule has 21 heavy (non-hydrogen) atoms. The van der Waals surface area contributed by atoms with Gasteiger partial charge in [-0.25, -0.2) is 14.4 Å². The Morgan fingerprint density at radius 1 is 1.29 bits per heavy atom. The predicted molar refractivity (Wildman–Crippen MR) is 74.1 cm³/mol. The fourth-order valence-corrected chi connectivity index (χ4v) is 2.61. The van der Waals surface area contributed by atoms with Crippen LogP contribution in [0.3, 0.4) is 0 Å². The Hall–Kier alpha value is -1.76. The second-order valence-corrected chi connectivity index (χ2v) is 5.75. The Balaban J connectivity index is 1.52. The van der Waals surface area contributed by atoms with Gasteiger partial charge in [0, 0.05) is 19.1 Å². The zero-order valence-corrected chi connectivity index (χ0v) is 11.7.